The molecule has 2 fully saturated rings. The second kappa shape index (κ2) is 6.10. The van der Waals surface area contributed by atoms with Crippen LogP contribution >= 0.6 is 0 Å². The molecule has 2 N–H and O–H groups in total. The highest BCUT2D eigenvalue weighted by molar-refractivity contribution is 5.74. The molecule has 2 aliphatic rings. The maximum absolute atomic E-state index is 11.0. The third-order valence-corrected chi connectivity index (χ3v) is 4.80. The van der Waals surface area contributed by atoms with Crippen molar-refractivity contribution in [1.82, 2.24) is 9.80 Å². The Labute approximate surface area is 119 Å². The summed E-state index contributed by atoms with van der Waals surface area (Å²) in [6.45, 7) is 6.36. The van der Waals surface area contributed by atoms with Crippen LogP contribution in [0.5, 0.6) is 0 Å². The molecule has 0 bridgehead atoms. The average molecular weight is 284 g/mol. The van der Waals surface area contributed by atoms with Crippen LogP contribution in [0, 0.1) is 5.92 Å². The Morgan fingerprint density at radius 2 is 1.70 bits per heavy atom. The van der Waals surface area contributed by atoms with Crippen LogP contribution in [-0.4, -0.2) is 69.7 Å². The summed E-state index contributed by atoms with van der Waals surface area (Å²) in [7, 11) is 0. The van der Waals surface area contributed by atoms with Gasteiger partial charge in [0, 0.05) is 31.7 Å². The van der Waals surface area contributed by atoms with Gasteiger partial charge in [0.1, 0.15) is 6.04 Å². The topological polar surface area (TPSA) is 81.1 Å². The Kier molecular flexibility index (Phi) is 4.65. The summed E-state index contributed by atoms with van der Waals surface area (Å²) in [5.41, 5.74) is 0. The van der Waals surface area contributed by atoms with Gasteiger partial charge in [-0.05, 0) is 33.1 Å². The second-order valence-corrected chi connectivity index (χ2v) is 6.14. The number of aliphatic carboxylic acids is 2. The van der Waals surface area contributed by atoms with E-state index in [2.05, 4.69) is 18.7 Å². The number of hydrogen-bond donors (Lipinski definition) is 2. The minimum atomic E-state index is -0.719. The van der Waals surface area contributed by atoms with E-state index < -0.39 is 11.9 Å². The molecule has 6 heteroatoms. The molecule has 0 aliphatic carbocycles. The maximum atomic E-state index is 11.0. The van der Waals surface area contributed by atoms with Crippen LogP contribution < -0.4 is 0 Å². The third-order valence-electron chi connectivity index (χ3n) is 4.80. The van der Waals surface area contributed by atoms with Gasteiger partial charge in [-0.25, -0.2) is 0 Å². The number of likely N-dealkylation sites (tertiary alicyclic amines) is 2. The summed E-state index contributed by atoms with van der Waals surface area (Å²) in [6.07, 6.45) is 2.69. The zero-order valence-corrected chi connectivity index (χ0v) is 12.2. The SMILES string of the molecule is CC(CCC(C)N1CCC1C(=O)O)N1CC(C(=O)O)C1. The van der Waals surface area contributed by atoms with E-state index in [1.165, 1.54) is 0 Å². The van der Waals surface area contributed by atoms with Gasteiger partial charge in [-0.15, -0.1) is 0 Å². The predicted octanol–water partition coefficient (Wildman–Crippen LogP) is 0.719. The van der Waals surface area contributed by atoms with Crippen molar-refractivity contribution < 1.29 is 19.8 Å². The summed E-state index contributed by atoms with van der Waals surface area (Å²) in [5.74, 6) is -1.63. The first-order valence-electron chi connectivity index (χ1n) is 7.35. The Bertz CT molecular complexity index is 381. The minimum absolute atomic E-state index is 0.207. The summed E-state index contributed by atoms with van der Waals surface area (Å²) in [6, 6.07) is 0.349. The third kappa shape index (κ3) is 3.12. The Morgan fingerprint density at radius 3 is 2.15 bits per heavy atom. The minimum Gasteiger partial charge on any atom is -0.481 e. The molecule has 3 atom stereocenters. The van der Waals surface area contributed by atoms with Crippen molar-refractivity contribution in [3.63, 3.8) is 0 Å². The van der Waals surface area contributed by atoms with Crippen molar-refractivity contribution in [2.24, 2.45) is 5.92 Å². The van der Waals surface area contributed by atoms with Gasteiger partial charge in [-0.1, -0.05) is 0 Å². The molecule has 0 saturated carbocycles. The molecule has 0 aromatic rings. The van der Waals surface area contributed by atoms with Crippen LogP contribution in [0.25, 0.3) is 0 Å². The van der Waals surface area contributed by atoms with Crippen LogP contribution in [-0.2, 0) is 9.59 Å². The van der Waals surface area contributed by atoms with Crippen LogP contribution in [0.2, 0.25) is 0 Å². The quantitative estimate of drug-likeness (QED) is 0.717. The highest BCUT2D eigenvalue weighted by atomic mass is 16.4. The van der Waals surface area contributed by atoms with Crippen molar-refractivity contribution in [2.75, 3.05) is 19.6 Å². The van der Waals surface area contributed by atoms with Gasteiger partial charge in [0.15, 0.2) is 0 Å². The molecule has 3 unspecified atom stereocenters. The molecule has 114 valence electrons. The second-order valence-electron chi connectivity index (χ2n) is 6.14. The molecular weight excluding hydrogens is 260 g/mol. The molecule has 6 nitrogen and oxygen atoms in total. The van der Waals surface area contributed by atoms with E-state index in [0.717, 1.165) is 25.8 Å². The lowest BCUT2D eigenvalue weighted by molar-refractivity contribution is -0.150. The van der Waals surface area contributed by atoms with Crippen LogP contribution in [0.3, 0.4) is 0 Å². The number of carboxylic acid groups (broad SMARTS) is 2. The van der Waals surface area contributed by atoms with Gasteiger partial charge in [0.05, 0.1) is 5.92 Å². The normalized spacial score (nSPS) is 27.4. The zero-order valence-electron chi connectivity index (χ0n) is 12.2. The van der Waals surface area contributed by atoms with Crippen LogP contribution in [0.4, 0.5) is 0 Å². The van der Waals surface area contributed by atoms with E-state index in [-0.39, 0.29) is 18.0 Å². The van der Waals surface area contributed by atoms with E-state index >= 15 is 0 Å². The first kappa shape index (κ1) is 15.3. The van der Waals surface area contributed by atoms with Gasteiger partial charge in [0.2, 0.25) is 0 Å². The van der Waals surface area contributed by atoms with Gasteiger partial charge < -0.3 is 10.2 Å². The fourth-order valence-corrected chi connectivity index (χ4v) is 3.06. The fourth-order valence-electron chi connectivity index (χ4n) is 3.06. The molecular formula is C14H24N2O4. The van der Waals surface area contributed by atoms with E-state index in [1.54, 1.807) is 0 Å². The Morgan fingerprint density at radius 1 is 1.10 bits per heavy atom. The van der Waals surface area contributed by atoms with Gasteiger partial charge >= 0.3 is 11.9 Å². The Balaban J connectivity index is 1.68. The van der Waals surface area contributed by atoms with Crippen molar-refractivity contribution in [3.8, 4) is 0 Å². The summed E-state index contributed by atoms with van der Waals surface area (Å²) >= 11 is 0. The number of rotatable bonds is 7. The van der Waals surface area contributed by atoms with Gasteiger partial charge in [-0.2, -0.15) is 0 Å². The number of carbonyl (C=O) groups is 2. The molecule has 0 amide bonds. The number of nitrogens with zero attached hydrogens (tertiary/aromatic N) is 2. The summed E-state index contributed by atoms with van der Waals surface area (Å²) in [4.78, 5) is 26.0. The largest absolute Gasteiger partial charge is 0.481 e. The first-order chi connectivity index (χ1) is 9.40. The molecule has 0 radical (unpaired) electrons. The lowest BCUT2D eigenvalue weighted by Gasteiger charge is -2.44. The average Bonchev–Trinajstić information content (AvgIpc) is 2.21. The van der Waals surface area contributed by atoms with E-state index in [4.69, 9.17) is 10.2 Å². The first-order valence-corrected chi connectivity index (χ1v) is 7.35. The van der Waals surface area contributed by atoms with Gasteiger partial charge in [0.25, 0.3) is 0 Å². The molecule has 0 aromatic carbocycles. The van der Waals surface area contributed by atoms with E-state index in [0.29, 0.717) is 19.1 Å². The monoisotopic (exact) mass is 284 g/mol. The fraction of sp³-hybridized carbons (Fsp3) is 0.857. The smallest absolute Gasteiger partial charge is 0.320 e. The van der Waals surface area contributed by atoms with E-state index in [1.807, 2.05) is 4.90 Å². The van der Waals surface area contributed by atoms with E-state index in [9.17, 15) is 9.59 Å². The molecule has 2 saturated heterocycles. The molecule has 2 aliphatic heterocycles. The van der Waals surface area contributed by atoms with Crippen molar-refractivity contribution in [3.05, 3.63) is 0 Å². The summed E-state index contributed by atoms with van der Waals surface area (Å²) in [5, 5.41) is 17.9. The molecule has 20 heavy (non-hydrogen) atoms. The zero-order chi connectivity index (χ0) is 14.9. The predicted molar refractivity (Wildman–Crippen MR) is 73.6 cm³/mol. The van der Waals surface area contributed by atoms with Crippen molar-refractivity contribution >= 4 is 11.9 Å². The van der Waals surface area contributed by atoms with Crippen LogP contribution in [0.1, 0.15) is 33.1 Å². The highest BCUT2D eigenvalue weighted by Crippen LogP contribution is 2.26. The van der Waals surface area contributed by atoms with Crippen molar-refractivity contribution in [2.45, 2.75) is 51.2 Å². The highest BCUT2D eigenvalue weighted by Gasteiger charge is 2.38. The van der Waals surface area contributed by atoms with Crippen molar-refractivity contribution in [1.29, 1.82) is 0 Å². The molecule has 0 spiro atoms. The van der Waals surface area contributed by atoms with Gasteiger partial charge in [-0.3, -0.25) is 19.4 Å². The molecule has 2 heterocycles. The molecule has 0 aromatic heterocycles. The lowest BCUT2D eigenvalue weighted by Crippen LogP contribution is -2.57. The number of hydrogen-bond acceptors (Lipinski definition) is 4. The summed E-state index contributed by atoms with van der Waals surface area (Å²) < 4.78 is 0. The number of carboxylic acids is 2. The molecule has 2 rings (SSSR count). The van der Waals surface area contributed by atoms with Crippen LogP contribution in [0.15, 0.2) is 0 Å². The maximum Gasteiger partial charge on any atom is 0.320 e. The standard InChI is InChI=1S/C14H24N2O4/c1-9(15-7-11(8-15)13(17)18)3-4-10(2)16-6-5-12(16)14(19)20/h9-12H,3-8H2,1-2H3,(H,17,18)(H,19,20). The Hall–Kier alpha value is -1.14. The lowest BCUT2D eigenvalue weighted by atomic mass is 9.94.